The lowest BCUT2D eigenvalue weighted by Crippen LogP contribution is -2.00. The Kier molecular flexibility index (Phi) is 3.23. The SMILES string of the molecule is CCc1ccccc1NCc1cc2ccccc2o1. The highest BCUT2D eigenvalue weighted by Gasteiger charge is 2.04. The van der Waals surface area contributed by atoms with Crippen LogP contribution in [0.15, 0.2) is 59.0 Å². The van der Waals surface area contributed by atoms with Crippen molar-refractivity contribution in [1.29, 1.82) is 0 Å². The van der Waals surface area contributed by atoms with Gasteiger partial charge >= 0.3 is 0 Å². The molecule has 96 valence electrons. The molecule has 2 heteroatoms. The molecule has 0 saturated carbocycles. The third-order valence-corrected chi connectivity index (χ3v) is 3.33. The van der Waals surface area contributed by atoms with E-state index < -0.39 is 0 Å². The van der Waals surface area contributed by atoms with Crippen LogP contribution in [0.25, 0.3) is 11.0 Å². The lowest BCUT2D eigenvalue weighted by molar-refractivity contribution is 0.559. The Morgan fingerprint density at radius 3 is 2.63 bits per heavy atom. The first-order valence-electron chi connectivity index (χ1n) is 6.66. The Labute approximate surface area is 113 Å². The van der Waals surface area contributed by atoms with Crippen molar-refractivity contribution in [2.75, 3.05) is 5.32 Å². The largest absolute Gasteiger partial charge is 0.459 e. The lowest BCUT2D eigenvalue weighted by Gasteiger charge is -2.09. The predicted molar refractivity (Wildman–Crippen MR) is 79.4 cm³/mol. The fourth-order valence-corrected chi connectivity index (χ4v) is 2.31. The molecule has 0 unspecified atom stereocenters. The zero-order chi connectivity index (χ0) is 13.1. The van der Waals surface area contributed by atoms with Crippen LogP contribution in [0.4, 0.5) is 5.69 Å². The van der Waals surface area contributed by atoms with Gasteiger partial charge in [-0.2, -0.15) is 0 Å². The topological polar surface area (TPSA) is 25.2 Å². The quantitative estimate of drug-likeness (QED) is 0.732. The van der Waals surface area contributed by atoms with Gasteiger partial charge in [-0.05, 0) is 30.2 Å². The van der Waals surface area contributed by atoms with Crippen LogP contribution < -0.4 is 5.32 Å². The highest BCUT2D eigenvalue weighted by molar-refractivity contribution is 5.77. The second-order valence-electron chi connectivity index (χ2n) is 4.61. The average molecular weight is 251 g/mol. The highest BCUT2D eigenvalue weighted by atomic mass is 16.3. The van der Waals surface area contributed by atoms with Gasteiger partial charge in [-0.1, -0.05) is 43.3 Å². The van der Waals surface area contributed by atoms with Crippen LogP contribution >= 0.6 is 0 Å². The first-order valence-corrected chi connectivity index (χ1v) is 6.66. The predicted octanol–water partition coefficient (Wildman–Crippen LogP) is 4.61. The Bertz CT molecular complexity index is 651. The van der Waals surface area contributed by atoms with Gasteiger partial charge in [0.15, 0.2) is 0 Å². The summed E-state index contributed by atoms with van der Waals surface area (Å²) in [5.41, 5.74) is 3.46. The smallest absolute Gasteiger partial charge is 0.134 e. The van der Waals surface area contributed by atoms with Gasteiger partial charge in [0, 0.05) is 11.1 Å². The third kappa shape index (κ3) is 2.48. The van der Waals surface area contributed by atoms with Crippen LogP contribution in [0.1, 0.15) is 18.2 Å². The molecule has 2 aromatic carbocycles. The van der Waals surface area contributed by atoms with E-state index in [-0.39, 0.29) is 0 Å². The van der Waals surface area contributed by atoms with E-state index in [4.69, 9.17) is 4.42 Å². The average Bonchev–Trinajstić information content (AvgIpc) is 2.88. The van der Waals surface area contributed by atoms with E-state index in [0.29, 0.717) is 6.54 Å². The molecule has 19 heavy (non-hydrogen) atoms. The molecule has 0 saturated heterocycles. The van der Waals surface area contributed by atoms with Crippen molar-refractivity contribution in [2.24, 2.45) is 0 Å². The molecule has 0 spiro atoms. The normalized spacial score (nSPS) is 10.8. The van der Waals surface area contributed by atoms with E-state index in [2.05, 4.69) is 48.6 Å². The number of benzene rings is 2. The van der Waals surface area contributed by atoms with E-state index in [1.165, 1.54) is 11.3 Å². The molecule has 1 heterocycles. The molecule has 1 N–H and O–H groups in total. The Morgan fingerprint density at radius 2 is 1.79 bits per heavy atom. The maximum absolute atomic E-state index is 5.80. The number of fused-ring (bicyclic) bond motifs is 1. The number of furan rings is 1. The molecule has 0 aliphatic carbocycles. The van der Waals surface area contributed by atoms with Crippen molar-refractivity contribution < 1.29 is 4.42 Å². The van der Waals surface area contributed by atoms with Crippen molar-refractivity contribution in [3.05, 3.63) is 65.9 Å². The number of hydrogen-bond acceptors (Lipinski definition) is 2. The Balaban J connectivity index is 1.78. The molecule has 3 rings (SSSR count). The van der Waals surface area contributed by atoms with Gasteiger partial charge in [0.25, 0.3) is 0 Å². The zero-order valence-corrected chi connectivity index (χ0v) is 11.0. The van der Waals surface area contributed by atoms with E-state index >= 15 is 0 Å². The van der Waals surface area contributed by atoms with E-state index in [9.17, 15) is 0 Å². The molecule has 0 radical (unpaired) electrons. The van der Waals surface area contributed by atoms with E-state index in [1.807, 2.05) is 18.2 Å². The molecule has 0 atom stereocenters. The Morgan fingerprint density at radius 1 is 1.00 bits per heavy atom. The molecule has 0 aliphatic heterocycles. The van der Waals surface area contributed by atoms with Gasteiger partial charge in [0.1, 0.15) is 11.3 Å². The summed E-state index contributed by atoms with van der Waals surface area (Å²) >= 11 is 0. The molecule has 3 aromatic rings. The third-order valence-electron chi connectivity index (χ3n) is 3.33. The minimum atomic E-state index is 0.714. The molecule has 0 aliphatic rings. The van der Waals surface area contributed by atoms with Gasteiger partial charge in [0.2, 0.25) is 0 Å². The number of nitrogens with one attached hydrogen (secondary N) is 1. The second kappa shape index (κ2) is 5.19. The van der Waals surface area contributed by atoms with Crippen molar-refractivity contribution in [3.63, 3.8) is 0 Å². The minimum Gasteiger partial charge on any atom is -0.459 e. The molecular weight excluding hydrogens is 234 g/mol. The summed E-state index contributed by atoms with van der Waals surface area (Å²) in [6.07, 6.45) is 1.03. The maximum Gasteiger partial charge on any atom is 0.134 e. The molecule has 2 nitrogen and oxygen atoms in total. The second-order valence-corrected chi connectivity index (χ2v) is 4.61. The monoisotopic (exact) mass is 251 g/mol. The van der Waals surface area contributed by atoms with Crippen LogP contribution in [-0.4, -0.2) is 0 Å². The molecule has 1 aromatic heterocycles. The van der Waals surface area contributed by atoms with Gasteiger partial charge in [-0.15, -0.1) is 0 Å². The van der Waals surface area contributed by atoms with Gasteiger partial charge < -0.3 is 9.73 Å². The number of para-hydroxylation sites is 2. The van der Waals surface area contributed by atoms with Crippen molar-refractivity contribution in [1.82, 2.24) is 0 Å². The molecule has 0 amide bonds. The zero-order valence-electron chi connectivity index (χ0n) is 11.0. The van der Waals surface area contributed by atoms with Crippen molar-refractivity contribution in [2.45, 2.75) is 19.9 Å². The van der Waals surface area contributed by atoms with Gasteiger partial charge in [-0.3, -0.25) is 0 Å². The summed E-state index contributed by atoms with van der Waals surface area (Å²) in [5, 5.41) is 4.60. The van der Waals surface area contributed by atoms with Crippen LogP contribution in [0.2, 0.25) is 0 Å². The number of rotatable bonds is 4. The summed E-state index contributed by atoms with van der Waals surface area (Å²) in [6.45, 7) is 2.88. The Hall–Kier alpha value is -2.22. The van der Waals surface area contributed by atoms with Crippen molar-refractivity contribution in [3.8, 4) is 0 Å². The van der Waals surface area contributed by atoms with Crippen LogP contribution in [0.3, 0.4) is 0 Å². The fraction of sp³-hybridized carbons (Fsp3) is 0.176. The van der Waals surface area contributed by atoms with E-state index in [1.54, 1.807) is 0 Å². The van der Waals surface area contributed by atoms with Gasteiger partial charge in [-0.25, -0.2) is 0 Å². The van der Waals surface area contributed by atoms with Crippen LogP contribution in [0.5, 0.6) is 0 Å². The lowest BCUT2D eigenvalue weighted by atomic mass is 10.1. The summed E-state index contributed by atoms with van der Waals surface area (Å²) < 4.78 is 5.80. The number of aryl methyl sites for hydroxylation is 1. The van der Waals surface area contributed by atoms with Crippen molar-refractivity contribution >= 4 is 16.7 Å². The van der Waals surface area contributed by atoms with E-state index in [0.717, 1.165) is 23.2 Å². The first kappa shape index (κ1) is 11.8. The standard InChI is InChI=1S/C17H17NO/c1-2-13-7-3-5-9-16(13)18-12-15-11-14-8-4-6-10-17(14)19-15/h3-11,18H,2,12H2,1H3. The minimum absolute atomic E-state index is 0.714. The van der Waals surface area contributed by atoms with Crippen LogP contribution in [-0.2, 0) is 13.0 Å². The summed E-state index contributed by atoms with van der Waals surface area (Å²) in [5.74, 6) is 0.965. The highest BCUT2D eigenvalue weighted by Crippen LogP contribution is 2.21. The summed E-state index contributed by atoms with van der Waals surface area (Å²) in [7, 11) is 0. The summed E-state index contributed by atoms with van der Waals surface area (Å²) in [6, 6.07) is 18.6. The first-order chi connectivity index (χ1) is 9.36. The van der Waals surface area contributed by atoms with Crippen LogP contribution in [0, 0.1) is 0 Å². The number of hydrogen-bond donors (Lipinski definition) is 1. The molecule has 0 bridgehead atoms. The summed E-state index contributed by atoms with van der Waals surface area (Å²) in [4.78, 5) is 0. The number of anilines is 1. The molecule has 0 fully saturated rings. The molecular formula is C17H17NO. The fourth-order valence-electron chi connectivity index (χ4n) is 2.31. The van der Waals surface area contributed by atoms with Gasteiger partial charge in [0.05, 0.1) is 6.54 Å². The maximum atomic E-state index is 5.80.